The maximum Gasteiger partial charge on any atom is 0.251 e. The Morgan fingerprint density at radius 1 is 1.53 bits per heavy atom. The number of carbonyl (C=O) groups excluding carboxylic acids is 1. The van der Waals surface area contributed by atoms with Gasteiger partial charge in [0.1, 0.15) is 0 Å². The fourth-order valence-electron chi connectivity index (χ4n) is 1.35. The van der Waals surface area contributed by atoms with E-state index in [1.165, 1.54) is 12.8 Å². The first kappa shape index (κ1) is 10.3. The van der Waals surface area contributed by atoms with Gasteiger partial charge in [-0.25, -0.2) is 0 Å². The van der Waals surface area contributed by atoms with Crippen LogP contribution >= 0.6 is 11.6 Å². The molecule has 2 rings (SSSR count). The lowest BCUT2D eigenvalue weighted by Crippen LogP contribution is -2.25. The minimum absolute atomic E-state index is 0.0785. The molecule has 0 aromatic heterocycles. The number of amides is 1. The van der Waals surface area contributed by atoms with Crippen LogP contribution in [-0.4, -0.2) is 12.5 Å². The lowest BCUT2D eigenvalue weighted by molar-refractivity contribution is 0.0952. The lowest BCUT2D eigenvalue weighted by atomic mass is 10.2. The average molecular weight is 225 g/mol. The molecule has 0 radical (unpaired) electrons. The fourth-order valence-corrected chi connectivity index (χ4v) is 1.46. The molecule has 80 valence electrons. The number of halogens is 1. The van der Waals surface area contributed by atoms with Crippen LogP contribution in [0.2, 0.25) is 5.02 Å². The summed E-state index contributed by atoms with van der Waals surface area (Å²) in [6.45, 7) is 0.765. The van der Waals surface area contributed by atoms with Crippen LogP contribution in [0.5, 0.6) is 0 Å². The van der Waals surface area contributed by atoms with E-state index in [4.69, 9.17) is 17.3 Å². The van der Waals surface area contributed by atoms with Crippen molar-refractivity contribution in [3.05, 3.63) is 28.8 Å². The van der Waals surface area contributed by atoms with Gasteiger partial charge in [-0.1, -0.05) is 11.6 Å². The van der Waals surface area contributed by atoms with Gasteiger partial charge in [0.05, 0.1) is 10.7 Å². The van der Waals surface area contributed by atoms with Crippen molar-refractivity contribution in [2.45, 2.75) is 12.8 Å². The van der Waals surface area contributed by atoms with Gasteiger partial charge in [0.2, 0.25) is 0 Å². The normalized spacial score (nSPS) is 15.0. The van der Waals surface area contributed by atoms with E-state index < -0.39 is 0 Å². The zero-order valence-corrected chi connectivity index (χ0v) is 9.05. The Bertz CT molecular complexity index is 388. The van der Waals surface area contributed by atoms with Gasteiger partial charge in [-0.2, -0.15) is 0 Å². The molecule has 1 amide bonds. The van der Waals surface area contributed by atoms with Crippen molar-refractivity contribution < 1.29 is 4.79 Å². The van der Waals surface area contributed by atoms with Gasteiger partial charge < -0.3 is 11.1 Å². The maximum atomic E-state index is 11.6. The van der Waals surface area contributed by atoms with Crippen LogP contribution in [0.1, 0.15) is 23.2 Å². The second-order valence-electron chi connectivity index (χ2n) is 3.89. The van der Waals surface area contributed by atoms with Gasteiger partial charge >= 0.3 is 0 Å². The molecule has 15 heavy (non-hydrogen) atoms. The summed E-state index contributed by atoms with van der Waals surface area (Å²) in [6.07, 6.45) is 2.45. The largest absolute Gasteiger partial charge is 0.398 e. The van der Waals surface area contributed by atoms with Gasteiger partial charge in [-0.3, -0.25) is 4.79 Å². The molecule has 1 aromatic carbocycles. The van der Waals surface area contributed by atoms with Gasteiger partial charge in [-0.05, 0) is 37.0 Å². The van der Waals surface area contributed by atoms with Crippen LogP contribution in [0, 0.1) is 5.92 Å². The molecule has 0 spiro atoms. The number of carbonyl (C=O) groups is 1. The quantitative estimate of drug-likeness (QED) is 0.773. The van der Waals surface area contributed by atoms with Gasteiger partial charge in [-0.15, -0.1) is 0 Å². The SMILES string of the molecule is Nc1cc(C(=O)NCC2CC2)ccc1Cl. The van der Waals surface area contributed by atoms with E-state index in [-0.39, 0.29) is 5.91 Å². The fraction of sp³-hybridized carbons (Fsp3) is 0.364. The highest BCUT2D eigenvalue weighted by Crippen LogP contribution is 2.27. The number of nitrogens with two attached hydrogens (primary N) is 1. The van der Waals surface area contributed by atoms with Gasteiger partial charge in [0.25, 0.3) is 5.91 Å². The third-order valence-electron chi connectivity index (χ3n) is 2.51. The summed E-state index contributed by atoms with van der Waals surface area (Å²) in [5, 5.41) is 3.35. The van der Waals surface area contributed by atoms with E-state index >= 15 is 0 Å². The second-order valence-corrected chi connectivity index (χ2v) is 4.30. The van der Waals surface area contributed by atoms with E-state index in [9.17, 15) is 4.79 Å². The topological polar surface area (TPSA) is 55.1 Å². The third kappa shape index (κ3) is 2.63. The smallest absolute Gasteiger partial charge is 0.251 e. The zero-order valence-electron chi connectivity index (χ0n) is 8.29. The molecule has 0 saturated heterocycles. The van der Waals surface area contributed by atoms with E-state index in [0.717, 1.165) is 6.54 Å². The minimum Gasteiger partial charge on any atom is -0.398 e. The molecule has 3 N–H and O–H groups in total. The van der Waals surface area contributed by atoms with Crippen LogP contribution in [-0.2, 0) is 0 Å². The number of rotatable bonds is 3. The molecular formula is C11H13ClN2O. The minimum atomic E-state index is -0.0785. The first-order valence-corrected chi connectivity index (χ1v) is 5.38. The highest BCUT2D eigenvalue weighted by Gasteiger charge is 2.21. The van der Waals surface area contributed by atoms with E-state index in [0.29, 0.717) is 22.2 Å². The molecule has 1 fully saturated rings. The molecule has 0 bridgehead atoms. The Morgan fingerprint density at radius 3 is 2.87 bits per heavy atom. The van der Waals surface area contributed by atoms with E-state index in [1.807, 2.05) is 0 Å². The lowest BCUT2D eigenvalue weighted by Gasteiger charge is -2.05. The van der Waals surface area contributed by atoms with Crippen molar-refractivity contribution in [1.82, 2.24) is 5.32 Å². The number of anilines is 1. The summed E-state index contributed by atoms with van der Waals surface area (Å²) in [7, 11) is 0. The Labute approximate surface area is 93.6 Å². The van der Waals surface area contributed by atoms with Crippen LogP contribution in [0.15, 0.2) is 18.2 Å². The number of hydrogen-bond acceptors (Lipinski definition) is 2. The van der Waals surface area contributed by atoms with Crippen molar-refractivity contribution >= 4 is 23.2 Å². The summed E-state index contributed by atoms with van der Waals surface area (Å²) >= 11 is 5.77. The Kier molecular flexibility index (Phi) is 2.82. The van der Waals surface area contributed by atoms with Crippen LogP contribution < -0.4 is 11.1 Å². The van der Waals surface area contributed by atoms with Gasteiger partial charge in [0.15, 0.2) is 0 Å². The maximum absolute atomic E-state index is 11.6. The summed E-state index contributed by atoms with van der Waals surface area (Å²) in [5.41, 5.74) is 6.62. The van der Waals surface area contributed by atoms with Crippen LogP contribution in [0.4, 0.5) is 5.69 Å². The second kappa shape index (κ2) is 4.11. The molecule has 0 atom stereocenters. The summed E-state index contributed by atoms with van der Waals surface area (Å²) in [5.74, 6) is 0.601. The van der Waals surface area contributed by atoms with Crippen LogP contribution in [0.3, 0.4) is 0 Å². The zero-order chi connectivity index (χ0) is 10.8. The third-order valence-corrected chi connectivity index (χ3v) is 2.85. The standard InChI is InChI=1S/C11H13ClN2O/c12-9-4-3-8(5-10(9)13)11(15)14-6-7-1-2-7/h3-5,7H,1-2,6,13H2,(H,14,15). The summed E-state index contributed by atoms with van der Waals surface area (Å²) in [4.78, 5) is 11.6. The summed E-state index contributed by atoms with van der Waals surface area (Å²) < 4.78 is 0. The predicted molar refractivity (Wildman–Crippen MR) is 60.9 cm³/mol. The average Bonchev–Trinajstić information content (AvgIpc) is 3.02. The monoisotopic (exact) mass is 224 g/mol. The van der Waals surface area contributed by atoms with Crippen molar-refractivity contribution in [2.24, 2.45) is 5.92 Å². The predicted octanol–water partition coefficient (Wildman–Crippen LogP) is 2.06. The highest BCUT2D eigenvalue weighted by atomic mass is 35.5. The molecule has 1 aliphatic rings. The van der Waals surface area contributed by atoms with Crippen molar-refractivity contribution in [1.29, 1.82) is 0 Å². The number of nitrogen functional groups attached to an aromatic ring is 1. The van der Waals surface area contributed by atoms with E-state index in [2.05, 4.69) is 5.32 Å². The first-order chi connectivity index (χ1) is 7.16. The molecule has 4 heteroatoms. The highest BCUT2D eigenvalue weighted by molar-refractivity contribution is 6.33. The van der Waals surface area contributed by atoms with Crippen LogP contribution in [0.25, 0.3) is 0 Å². The molecule has 1 aliphatic carbocycles. The summed E-state index contributed by atoms with van der Waals surface area (Å²) in [6, 6.07) is 4.93. The van der Waals surface area contributed by atoms with Crippen molar-refractivity contribution in [2.75, 3.05) is 12.3 Å². The van der Waals surface area contributed by atoms with Crippen molar-refractivity contribution in [3.63, 3.8) is 0 Å². The molecule has 1 aromatic rings. The first-order valence-electron chi connectivity index (χ1n) is 5.00. The molecule has 0 heterocycles. The molecular weight excluding hydrogens is 212 g/mol. The molecule has 0 aliphatic heterocycles. The Hall–Kier alpha value is -1.22. The number of hydrogen-bond donors (Lipinski definition) is 2. The van der Waals surface area contributed by atoms with Gasteiger partial charge in [0, 0.05) is 12.1 Å². The number of nitrogens with one attached hydrogen (secondary N) is 1. The van der Waals surface area contributed by atoms with E-state index in [1.54, 1.807) is 18.2 Å². The molecule has 0 unspecified atom stereocenters. The Balaban J connectivity index is 2.00. The Morgan fingerprint density at radius 2 is 2.27 bits per heavy atom. The molecule has 1 saturated carbocycles. The molecule has 3 nitrogen and oxygen atoms in total. The van der Waals surface area contributed by atoms with Crippen molar-refractivity contribution in [3.8, 4) is 0 Å². The number of benzene rings is 1.